The van der Waals surface area contributed by atoms with E-state index in [1.165, 1.54) is 0 Å². The van der Waals surface area contributed by atoms with Crippen molar-refractivity contribution in [2.75, 3.05) is 0 Å². The minimum Gasteiger partial charge on any atom is -0.206 e. The number of allylic oxidation sites excluding steroid dienone is 4. The van der Waals surface area contributed by atoms with Gasteiger partial charge in [0.25, 0.3) is 0 Å². The third-order valence-electron chi connectivity index (χ3n) is 0.714. The Kier molecular flexibility index (Phi) is 3.45. The number of rotatable bonds is 2. The first-order valence-electron chi connectivity index (χ1n) is 2.39. The Morgan fingerprint density at radius 3 is 2.20 bits per heavy atom. The van der Waals surface area contributed by atoms with Crippen LogP contribution in [0.2, 0.25) is 0 Å². The van der Waals surface area contributed by atoms with Crippen molar-refractivity contribution >= 4 is 11.6 Å². The van der Waals surface area contributed by atoms with Crippen LogP contribution < -0.4 is 0 Å². The molecule has 0 aromatic heterocycles. The van der Waals surface area contributed by atoms with Gasteiger partial charge < -0.3 is 0 Å². The van der Waals surface area contributed by atoms with E-state index in [1.54, 1.807) is 6.07 Å². The van der Waals surface area contributed by atoms with Gasteiger partial charge in [-0.2, -0.15) is 5.26 Å². The third kappa shape index (κ3) is 3.06. The summed E-state index contributed by atoms with van der Waals surface area (Å²) < 4.78 is 12.1. The van der Waals surface area contributed by atoms with Crippen LogP contribution in [0.1, 0.15) is 0 Å². The molecule has 0 spiro atoms. The van der Waals surface area contributed by atoms with Crippen LogP contribution >= 0.6 is 11.6 Å². The maximum absolute atomic E-state index is 12.1. The van der Waals surface area contributed by atoms with Gasteiger partial charge >= 0.3 is 0 Å². The molecule has 0 radical (unpaired) electrons. The maximum Gasteiger partial charge on any atom is 0.133 e. The second kappa shape index (κ2) is 3.86. The molecule has 0 unspecified atom stereocenters. The van der Waals surface area contributed by atoms with Crippen molar-refractivity contribution < 1.29 is 4.39 Å². The van der Waals surface area contributed by atoms with Crippen LogP contribution in [0, 0.1) is 11.3 Å². The van der Waals surface area contributed by atoms with Gasteiger partial charge in [-0.25, -0.2) is 4.39 Å². The molecule has 0 aromatic carbocycles. The van der Waals surface area contributed by atoms with E-state index in [0.29, 0.717) is 0 Å². The van der Waals surface area contributed by atoms with Crippen molar-refractivity contribution in [2.45, 2.75) is 0 Å². The minimum atomic E-state index is -0.802. The van der Waals surface area contributed by atoms with Crippen LogP contribution in [0.5, 0.6) is 0 Å². The van der Waals surface area contributed by atoms with Gasteiger partial charge in [0.1, 0.15) is 11.9 Å². The highest BCUT2D eigenvalue weighted by Gasteiger charge is 1.98. The predicted octanol–water partition coefficient (Wildman–Crippen LogP) is 2.67. The summed E-state index contributed by atoms with van der Waals surface area (Å²) >= 11 is 5.27. The molecule has 0 saturated carbocycles. The van der Waals surface area contributed by atoms with Crippen LogP contribution in [0.4, 0.5) is 4.39 Å². The van der Waals surface area contributed by atoms with Crippen LogP contribution in [0.15, 0.2) is 35.7 Å². The van der Waals surface area contributed by atoms with E-state index in [2.05, 4.69) is 13.2 Å². The summed E-state index contributed by atoms with van der Waals surface area (Å²) in [6, 6.07) is 1.57. The highest BCUT2D eigenvalue weighted by Crippen LogP contribution is 2.11. The van der Waals surface area contributed by atoms with Crippen LogP contribution in [0.3, 0.4) is 0 Å². The molecular formula is C7H5ClFN. The van der Waals surface area contributed by atoms with E-state index in [9.17, 15) is 4.39 Å². The summed E-state index contributed by atoms with van der Waals surface area (Å²) in [7, 11) is 0. The quantitative estimate of drug-likeness (QED) is 0.447. The largest absolute Gasteiger partial charge is 0.206 e. The Labute approximate surface area is 63.7 Å². The lowest BCUT2D eigenvalue weighted by molar-refractivity contribution is 0.662. The van der Waals surface area contributed by atoms with Crippen molar-refractivity contribution in [1.29, 1.82) is 5.26 Å². The molecule has 10 heavy (non-hydrogen) atoms. The zero-order valence-electron chi connectivity index (χ0n) is 5.19. The van der Waals surface area contributed by atoms with Crippen LogP contribution in [-0.4, -0.2) is 0 Å². The van der Waals surface area contributed by atoms with Gasteiger partial charge in [0.15, 0.2) is 0 Å². The first-order chi connectivity index (χ1) is 4.57. The minimum absolute atomic E-state index is 0.107. The monoisotopic (exact) mass is 157 g/mol. The van der Waals surface area contributed by atoms with Crippen molar-refractivity contribution in [3.63, 3.8) is 0 Å². The molecule has 0 aromatic rings. The van der Waals surface area contributed by atoms with Gasteiger partial charge in [0.05, 0.1) is 5.57 Å². The van der Waals surface area contributed by atoms with Crippen LogP contribution in [-0.2, 0) is 0 Å². The summed E-state index contributed by atoms with van der Waals surface area (Å²) in [5, 5.41) is 8.33. The molecule has 0 fully saturated rings. The molecular weight excluding hydrogens is 153 g/mol. The highest BCUT2D eigenvalue weighted by molar-refractivity contribution is 6.30. The van der Waals surface area contributed by atoms with Gasteiger partial charge in [0.2, 0.25) is 0 Å². The molecule has 0 heterocycles. The van der Waals surface area contributed by atoms with E-state index in [4.69, 9.17) is 16.9 Å². The molecule has 0 N–H and O–H groups in total. The lowest BCUT2D eigenvalue weighted by Crippen LogP contribution is -1.76. The zero-order chi connectivity index (χ0) is 8.15. The first kappa shape index (κ1) is 8.93. The van der Waals surface area contributed by atoms with E-state index in [1.807, 2.05) is 0 Å². The number of hydrogen-bond acceptors (Lipinski definition) is 1. The molecule has 0 amide bonds. The summed E-state index contributed by atoms with van der Waals surface area (Å²) in [4.78, 5) is 0. The summed E-state index contributed by atoms with van der Waals surface area (Å²) in [6.45, 7) is 6.18. The van der Waals surface area contributed by atoms with E-state index < -0.39 is 5.83 Å². The number of nitriles is 1. The van der Waals surface area contributed by atoms with Crippen molar-refractivity contribution in [1.82, 2.24) is 0 Å². The van der Waals surface area contributed by atoms with E-state index in [0.717, 1.165) is 6.08 Å². The highest BCUT2D eigenvalue weighted by atomic mass is 35.5. The zero-order valence-corrected chi connectivity index (χ0v) is 5.95. The molecule has 1 nitrogen and oxygen atoms in total. The van der Waals surface area contributed by atoms with Gasteiger partial charge in [-0.15, -0.1) is 0 Å². The summed E-state index contributed by atoms with van der Waals surface area (Å²) in [5.74, 6) is -0.802. The molecule has 0 aliphatic rings. The second-order valence-corrected chi connectivity index (χ2v) is 2.01. The summed E-state index contributed by atoms with van der Waals surface area (Å²) in [5.41, 5.74) is -0.194. The predicted molar refractivity (Wildman–Crippen MR) is 38.9 cm³/mol. The van der Waals surface area contributed by atoms with Gasteiger partial charge in [-0.05, 0) is 6.08 Å². The maximum atomic E-state index is 12.1. The topological polar surface area (TPSA) is 23.8 Å². The average molecular weight is 158 g/mol. The SMILES string of the molecule is C=C(Cl)/C=C(/C#N)C(=C)F. The van der Waals surface area contributed by atoms with Crippen molar-refractivity contribution in [3.05, 3.63) is 35.7 Å². The number of nitrogens with zero attached hydrogens (tertiary/aromatic N) is 1. The van der Waals surface area contributed by atoms with Gasteiger partial charge in [-0.3, -0.25) is 0 Å². The fraction of sp³-hybridized carbons (Fsp3) is 0. The summed E-state index contributed by atoms with van der Waals surface area (Å²) in [6.07, 6.45) is 1.11. The molecule has 0 atom stereocenters. The molecule has 0 aliphatic heterocycles. The first-order valence-corrected chi connectivity index (χ1v) is 2.76. The average Bonchev–Trinajstić information content (AvgIpc) is 1.81. The molecule has 52 valence electrons. The smallest absolute Gasteiger partial charge is 0.133 e. The van der Waals surface area contributed by atoms with Gasteiger partial charge in [-0.1, -0.05) is 24.8 Å². The number of hydrogen-bond donors (Lipinski definition) is 0. The molecule has 0 bridgehead atoms. The fourth-order valence-electron chi connectivity index (χ4n) is 0.328. The fourth-order valence-corrected chi connectivity index (χ4v) is 0.437. The van der Waals surface area contributed by atoms with Crippen LogP contribution in [0.25, 0.3) is 0 Å². The normalized spacial score (nSPS) is 10.3. The Balaban J connectivity index is 4.55. The molecule has 0 aliphatic carbocycles. The number of halogens is 2. The van der Waals surface area contributed by atoms with E-state index >= 15 is 0 Å². The molecule has 0 saturated heterocycles. The molecule has 0 rings (SSSR count). The van der Waals surface area contributed by atoms with Crippen molar-refractivity contribution in [2.24, 2.45) is 0 Å². The Morgan fingerprint density at radius 1 is 1.60 bits per heavy atom. The Bertz CT molecular complexity index is 234. The lowest BCUT2D eigenvalue weighted by Gasteiger charge is -1.88. The van der Waals surface area contributed by atoms with Crippen molar-refractivity contribution in [3.8, 4) is 6.07 Å². The molecule has 3 heteroatoms. The van der Waals surface area contributed by atoms with E-state index in [-0.39, 0.29) is 10.6 Å². The van der Waals surface area contributed by atoms with Gasteiger partial charge in [0, 0.05) is 5.03 Å². The Morgan fingerprint density at radius 2 is 2.10 bits per heavy atom. The third-order valence-corrected chi connectivity index (χ3v) is 0.823. The lowest BCUT2D eigenvalue weighted by atomic mass is 10.2. The Hall–Kier alpha value is -1.07. The second-order valence-electron chi connectivity index (χ2n) is 1.52. The standard InChI is InChI=1S/C7H5ClFN/c1-5(8)3-7(4-10)6(2)9/h3H,1-2H2/b7-3-.